The van der Waals surface area contributed by atoms with Crippen LogP contribution >= 0.6 is 11.3 Å². The molecule has 72 valence electrons. The second-order valence-corrected chi connectivity index (χ2v) is 3.52. The number of hydroxylamine groups is 1. The lowest BCUT2D eigenvalue weighted by atomic mass is 10.3. The van der Waals surface area contributed by atoms with Gasteiger partial charge in [0.25, 0.3) is 0 Å². The SMILES string of the molecule is CONC(=O)NCc1sccc1C. The molecule has 0 bridgehead atoms. The fourth-order valence-electron chi connectivity index (χ4n) is 0.875. The van der Waals surface area contributed by atoms with E-state index in [4.69, 9.17) is 0 Å². The van der Waals surface area contributed by atoms with E-state index in [1.807, 2.05) is 18.4 Å². The van der Waals surface area contributed by atoms with Crippen LogP contribution < -0.4 is 10.8 Å². The maximum absolute atomic E-state index is 10.9. The van der Waals surface area contributed by atoms with E-state index in [1.165, 1.54) is 12.7 Å². The van der Waals surface area contributed by atoms with Crippen LogP contribution in [-0.4, -0.2) is 13.1 Å². The number of nitrogens with one attached hydrogen (secondary N) is 2. The van der Waals surface area contributed by atoms with Crippen molar-refractivity contribution in [3.63, 3.8) is 0 Å². The van der Waals surface area contributed by atoms with Gasteiger partial charge in [-0.15, -0.1) is 11.3 Å². The van der Waals surface area contributed by atoms with Crippen molar-refractivity contribution >= 4 is 17.4 Å². The average molecular weight is 200 g/mol. The van der Waals surface area contributed by atoms with E-state index in [2.05, 4.69) is 15.6 Å². The zero-order chi connectivity index (χ0) is 9.68. The molecule has 0 aliphatic carbocycles. The first-order valence-electron chi connectivity index (χ1n) is 3.84. The third kappa shape index (κ3) is 3.04. The average Bonchev–Trinajstić information content (AvgIpc) is 2.48. The lowest BCUT2D eigenvalue weighted by molar-refractivity contribution is 0.107. The Bertz CT molecular complexity index is 285. The third-order valence-electron chi connectivity index (χ3n) is 1.57. The predicted molar refractivity (Wildman–Crippen MR) is 51.4 cm³/mol. The summed E-state index contributed by atoms with van der Waals surface area (Å²) in [5.74, 6) is 0. The summed E-state index contributed by atoms with van der Waals surface area (Å²) in [5.41, 5.74) is 3.38. The van der Waals surface area contributed by atoms with E-state index in [9.17, 15) is 4.79 Å². The van der Waals surface area contributed by atoms with Crippen LogP contribution in [0.2, 0.25) is 0 Å². The minimum Gasteiger partial charge on any atom is -0.331 e. The fraction of sp³-hybridized carbons (Fsp3) is 0.375. The molecular formula is C8H12N2O2S. The number of aryl methyl sites for hydroxylation is 1. The van der Waals surface area contributed by atoms with E-state index >= 15 is 0 Å². The Hall–Kier alpha value is -1.07. The predicted octanol–water partition coefficient (Wildman–Crippen LogP) is 1.42. The molecule has 1 aromatic rings. The van der Waals surface area contributed by atoms with Gasteiger partial charge in [0, 0.05) is 4.88 Å². The fourth-order valence-corrected chi connectivity index (χ4v) is 1.72. The Balaban J connectivity index is 2.35. The molecule has 0 saturated heterocycles. The van der Waals surface area contributed by atoms with Crippen LogP contribution in [0.3, 0.4) is 0 Å². The van der Waals surface area contributed by atoms with Crippen molar-refractivity contribution in [2.45, 2.75) is 13.5 Å². The Morgan fingerprint density at radius 1 is 1.69 bits per heavy atom. The highest BCUT2D eigenvalue weighted by Gasteiger charge is 2.02. The Labute approximate surface area is 80.9 Å². The number of carbonyl (C=O) groups excluding carboxylic acids is 1. The molecule has 5 heteroatoms. The molecule has 2 N–H and O–H groups in total. The molecule has 0 radical (unpaired) electrons. The first-order chi connectivity index (χ1) is 6.24. The standard InChI is InChI=1S/C8H12N2O2S/c1-6-3-4-13-7(6)5-9-8(11)10-12-2/h3-4H,5H2,1-2H3,(H2,9,10,11). The van der Waals surface area contributed by atoms with Gasteiger partial charge in [-0.1, -0.05) is 0 Å². The lowest BCUT2D eigenvalue weighted by Crippen LogP contribution is -2.34. The third-order valence-corrected chi connectivity index (χ3v) is 2.60. The molecule has 1 aromatic heterocycles. The smallest absolute Gasteiger partial charge is 0.331 e. The summed E-state index contributed by atoms with van der Waals surface area (Å²) >= 11 is 1.63. The molecule has 13 heavy (non-hydrogen) atoms. The van der Waals surface area contributed by atoms with E-state index in [0.29, 0.717) is 6.54 Å². The topological polar surface area (TPSA) is 50.4 Å². The van der Waals surface area contributed by atoms with E-state index < -0.39 is 0 Å². The summed E-state index contributed by atoms with van der Waals surface area (Å²) in [6.07, 6.45) is 0. The van der Waals surface area contributed by atoms with Gasteiger partial charge in [0.15, 0.2) is 0 Å². The minimum absolute atomic E-state index is 0.324. The number of carbonyl (C=O) groups is 1. The Morgan fingerprint density at radius 3 is 3.00 bits per heavy atom. The van der Waals surface area contributed by atoms with E-state index in [1.54, 1.807) is 11.3 Å². The number of amides is 2. The van der Waals surface area contributed by atoms with Crippen LogP contribution in [0, 0.1) is 6.92 Å². The summed E-state index contributed by atoms with van der Waals surface area (Å²) in [6, 6.07) is 1.70. The monoisotopic (exact) mass is 200 g/mol. The van der Waals surface area contributed by atoms with Crippen molar-refractivity contribution in [3.8, 4) is 0 Å². The molecule has 2 amide bonds. The number of thiophene rings is 1. The first kappa shape index (κ1) is 10.0. The summed E-state index contributed by atoms with van der Waals surface area (Å²) in [7, 11) is 1.40. The second-order valence-electron chi connectivity index (χ2n) is 2.52. The van der Waals surface area contributed by atoms with Gasteiger partial charge >= 0.3 is 6.03 Å². The number of urea groups is 1. The van der Waals surface area contributed by atoms with Crippen molar-refractivity contribution in [1.82, 2.24) is 10.8 Å². The first-order valence-corrected chi connectivity index (χ1v) is 4.72. The highest BCUT2D eigenvalue weighted by molar-refractivity contribution is 7.10. The summed E-state index contributed by atoms with van der Waals surface area (Å²) in [4.78, 5) is 16.5. The van der Waals surface area contributed by atoms with Crippen molar-refractivity contribution < 1.29 is 9.63 Å². The van der Waals surface area contributed by atoms with Crippen LogP contribution in [0.15, 0.2) is 11.4 Å². The molecule has 0 aliphatic rings. The number of rotatable bonds is 3. The van der Waals surface area contributed by atoms with Crippen molar-refractivity contribution in [3.05, 3.63) is 21.9 Å². The van der Waals surface area contributed by atoms with E-state index in [-0.39, 0.29) is 6.03 Å². The van der Waals surface area contributed by atoms with Crippen molar-refractivity contribution in [2.24, 2.45) is 0 Å². The molecule has 0 fully saturated rings. The molecule has 4 nitrogen and oxygen atoms in total. The maximum atomic E-state index is 10.9. The van der Waals surface area contributed by atoms with Gasteiger partial charge in [-0.3, -0.25) is 4.84 Å². The molecule has 0 aliphatic heterocycles. The summed E-state index contributed by atoms with van der Waals surface area (Å²) in [6.45, 7) is 2.56. The van der Waals surface area contributed by atoms with Gasteiger partial charge in [0.05, 0.1) is 13.7 Å². The number of hydrogen-bond donors (Lipinski definition) is 2. The summed E-state index contributed by atoms with van der Waals surface area (Å²) < 4.78 is 0. The Morgan fingerprint density at radius 2 is 2.46 bits per heavy atom. The van der Waals surface area contributed by atoms with Crippen LogP contribution in [-0.2, 0) is 11.4 Å². The van der Waals surface area contributed by atoms with Gasteiger partial charge < -0.3 is 5.32 Å². The molecule has 0 atom stereocenters. The quantitative estimate of drug-likeness (QED) is 0.725. The zero-order valence-electron chi connectivity index (χ0n) is 7.59. The van der Waals surface area contributed by atoms with Crippen LogP contribution in [0.4, 0.5) is 4.79 Å². The maximum Gasteiger partial charge on any atom is 0.338 e. The molecule has 1 rings (SSSR count). The largest absolute Gasteiger partial charge is 0.338 e. The molecular weight excluding hydrogens is 188 g/mol. The van der Waals surface area contributed by atoms with Gasteiger partial charge in [0.2, 0.25) is 0 Å². The molecule has 0 unspecified atom stereocenters. The van der Waals surface area contributed by atoms with Gasteiger partial charge in [0.1, 0.15) is 0 Å². The van der Waals surface area contributed by atoms with Crippen LogP contribution in [0.1, 0.15) is 10.4 Å². The van der Waals surface area contributed by atoms with E-state index in [0.717, 1.165) is 4.88 Å². The summed E-state index contributed by atoms with van der Waals surface area (Å²) in [5, 5.41) is 4.66. The van der Waals surface area contributed by atoms with Gasteiger partial charge in [-0.2, -0.15) is 0 Å². The Kier molecular flexibility index (Phi) is 3.72. The number of hydrogen-bond acceptors (Lipinski definition) is 3. The normalized spacial score (nSPS) is 9.69. The van der Waals surface area contributed by atoms with Crippen LogP contribution in [0.25, 0.3) is 0 Å². The zero-order valence-corrected chi connectivity index (χ0v) is 8.40. The highest BCUT2D eigenvalue weighted by atomic mass is 32.1. The molecule has 0 saturated carbocycles. The highest BCUT2D eigenvalue weighted by Crippen LogP contribution is 2.14. The van der Waals surface area contributed by atoms with Crippen molar-refractivity contribution in [2.75, 3.05) is 7.11 Å². The van der Waals surface area contributed by atoms with Crippen molar-refractivity contribution in [1.29, 1.82) is 0 Å². The minimum atomic E-state index is -0.324. The lowest BCUT2D eigenvalue weighted by Gasteiger charge is -2.04. The second kappa shape index (κ2) is 4.84. The molecule has 1 heterocycles. The van der Waals surface area contributed by atoms with Gasteiger partial charge in [-0.25, -0.2) is 10.3 Å². The van der Waals surface area contributed by atoms with Crippen LogP contribution in [0.5, 0.6) is 0 Å². The van der Waals surface area contributed by atoms with Gasteiger partial charge in [-0.05, 0) is 23.9 Å². The molecule has 0 spiro atoms. The molecule has 0 aromatic carbocycles.